The number of nitrogens with one attached hydrogen (secondary N) is 1. The number of hydrogen-bond donors (Lipinski definition) is 1. The van der Waals surface area contributed by atoms with Crippen molar-refractivity contribution in [1.29, 1.82) is 0 Å². The number of hydrogen-bond acceptors (Lipinski definition) is 9. The summed E-state index contributed by atoms with van der Waals surface area (Å²) in [4.78, 5) is 39.7. The second kappa shape index (κ2) is 12.4. The van der Waals surface area contributed by atoms with Gasteiger partial charge in [-0.1, -0.05) is 37.6 Å². The van der Waals surface area contributed by atoms with E-state index in [1.807, 2.05) is 18.6 Å². The highest BCUT2D eigenvalue weighted by Crippen LogP contribution is 2.45. The molecule has 11 nitrogen and oxygen atoms in total. The number of methoxy groups -OCH3 is 2. The van der Waals surface area contributed by atoms with Gasteiger partial charge in [-0.3, -0.25) is 19.1 Å². The van der Waals surface area contributed by atoms with E-state index in [0.717, 1.165) is 6.26 Å². The van der Waals surface area contributed by atoms with Crippen molar-refractivity contribution in [1.82, 2.24) is 4.72 Å². The van der Waals surface area contributed by atoms with Gasteiger partial charge in [-0.15, -0.1) is 0 Å². The van der Waals surface area contributed by atoms with Crippen LogP contribution in [0.5, 0.6) is 11.5 Å². The van der Waals surface area contributed by atoms with Crippen LogP contribution in [0, 0.1) is 5.41 Å². The number of fused-ring (bicyclic) bond motifs is 1. The van der Waals surface area contributed by atoms with E-state index >= 15 is 0 Å². The third-order valence-electron chi connectivity index (χ3n) is 6.04. The van der Waals surface area contributed by atoms with E-state index < -0.39 is 51.9 Å². The summed E-state index contributed by atoms with van der Waals surface area (Å²) in [7, 11) is -0.943. The maximum Gasteiger partial charge on any atom is 0.302 e. The van der Waals surface area contributed by atoms with E-state index in [-0.39, 0.29) is 13.2 Å². The Morgan fingerprint density at radius 1 is 1.12 bits per heavy atom. The van der Waals surface area contributed by atoms with Crippen molar-refractivity contribution in [3.63, 3.8) is 0 Å². The lowest BCUT2D eigenvalue weighted by Gasteiger charge is -2.33. The van der Waals surface area contributed by atoms with Gasteiger partial charge in [0, 0.05) is 40.7 Å². The first kappa shape index (κ1) is 31.2. The molecule has 2 amide bonds. The molecule has 0 saturated heterocycles. The zero-order valence-electron chi connectivity index (χ0n) is 23.1. The van der Waals surface area contributed by atoms with Crippen molar-refractivity contribution >= 4 is 45.1 Å². The van der Waals surface area contributed by atoms with Crippen LogP contribution in [0.15, 0.2) is 36.4 Å². The number of rotatable bonds is 10. The topological polar surface area (TPSA) is 138 Å². The van der Waals surface area contributed by atoms with Crippen molar-refractivity contribution in [2.24, 2.45) is 5.41 Å². The van der Waals surface area contributed by atoms with Crippen molar-refractivity contribution in [2.75, 3.05) is 38.5 Å². The lowest BCUT2D eigenvalue weighted by Crippen LogP contribution is -2.47. The largest absolute Gasteiger partial charge is 0.493 e. The van der Waals surface area contributed by atoms with Crippen molar-refractivity contribution in [3.8, 4) is 11.5 Å². The zero-order valence-corrected chi connectivity index (χ0v) is 24.7. The van der Waals surface area contributed by atoms with Crippen molar-refractivity contribution < 1.29 is 41.7 Å². The monoisotopic (exact) mass is 596 g/mol. The molecule has 2 aromatic rings. The first-order chi connectivity index (χ1) is 18.7. The molecule has 0 aromatic heterocycles. The van der Waals surface area contributed by atoms with Gasteiger partial charge in [0.2, 0.25) is 15.9 Å². The molecule has 0 spiro atoms. The van der Waals surface area contributed by atoms with Crippen molar-refractivity contribution in [3.05, 3.63) is 52.5 Å². The molecule has 0 bridgehead atoms. The normalized spacial score (nSPS) is 17.5. The number of ether oxygens (including phenoxy) is 4. The van der Waals surface area contributed by atoms with E-state index in [0.29, 0.717) is 33.3 Å². The van der Waals surface area contributed by atoms with Gasteiger partial charge in [0.25, 0.3) is 5.91 Å². The molecule has 40 heavy (non-hydrogen) atoms. The Balaban J connectivity index is 2.20. The summed E-state index contributed by atoms with van der Waals surface area (Å²) < 4.78 is 48.0. The summed E-state index contributed by atoms with van der Waals surface area (Å²) in [6.07, 6.45) is -2.12. The van der Waals surface area contributed by atoms with Gasteiger partial charge in [-0.05, 0) is 24.3 Å². The van der Waals surface area contributed by atoms with Crippen LogP contribution in [0.1, 0.15) is 44.4 Å². The maximum absolute atomic E-state index is 14.0. The third kappa shape index (κ3) is 7.64. The molecule has 2 unspecified atom stereocenters. The van der Waals surface area contributed by atoms with Crippen LogP contribution < -0.4 is 19.1 Å². The van der Waals surface area contributed by atoms with Gasteiger partial charge in [0.15, 0.2) is 11.5 Å². The number of carbonyl (C=O) groups excluding carboxylic acids is 3. The molecular formula is C27H33ClN2O9S. The van der Waals surface area contributed by atoms with Gasteiger partial charge in [-0.2, -0.15) is 0 Å². The minimum Gasteiger partial charge on any atom is -0.493 e. The highest BCUT2D eigenvalue weighted by atomic mass is 35.5. The second-order valence-corrected chi connectivity index (χ2v) is 12.3. The summed E-state index contributed by atoms with van der Waals surface area (Å²) in [6, 6.07) is 10.1. The number of nitrogens with zero attached hydrogens (tertiary/aromatic N) is 1. The van der Waals surface area contributed by atoms with Gasteiger partial charge in [0.05, 0.1) is 33.5 Å². The molecular weight excluding hydrogens is 564 g/mol. The Morgan fingerprint density at radius 3 is 2.42 bits per heavy atom. The smallest absolute Gasteiger partial charge is 0.302 e. The van der Waals surface area contributed by atoms with E-state index in [4.69, 9.17) is 30.5 Å². The van der Waals surface area contributed by atoms with Crippen molar-refractivity contribution in [2.45, 2.75) is 39.4 Å². The molecule has 0 saturated carbocycles. The quantitative estimate of drug-likeness (QED) is 0.410. The molecule has 13 heteroatoms. The molecule has 1 heterocycles. The fraction of sp³-hybridized carbons (Fsp3) is 0.444. The molecule has 0 fully saturated rings. The summed E-state index contributed by atoms with van der Waals surface area (Å²) in [5.41, 5.74) is 0.728. The van der Waals surface area contributed by atoms with Crippen LogP contribution in [-0.4, -0.2) is 65.9 Å². The first-order valence-corrected chi connectivity index (χ1v) is 14.5. The minimum absolute atomic E-state index is 0.0161. The van der Waals surface area contributed by atoms with E-state index in [1.54, 1.807) is 36.4 Å². The van der Waals surface area contributed by atoms with E-state index in [2.05, 4.69) is 0 Å². The SMILES string of the molecule is COc1cccc(C2OC(CC(=O)NS(C)(=O)=O)C(=O)N(CC(C)(C)COC(C)=O)c3ccc(Cl)cc32)c1OC. The number of anilines is 1. The second-order valence-electron chi connectivity index (χ2n) is 10.2. The number of halogens is 1. The number of amides is 2. The lowest BCUT2D eigenvalue weighted by molar-refractivity contribution is -0.144. The zero-order chi connectivity index (χ0) is 29.8. The van der Waals surface area contributed by atoms with Crippen LogP contribution in [-0.2, 0) is 33.9 Å². The molecule has 1 N–H and O–H groups in total. The molecule has 1 aliphatic rings. The van der Waals surface area contributed by atoms with Crippen LogP contribution >= 0.6 is 11.6 Å². The number of esters is 1. The molecule has 2 atom stereocenters. The Bertz CT molecular complexity index is 1390. The van der Waals surface area contributed by atoms with Gasteiger partial charge in [-0.25, -0.2) is 8.42 Å². The predicted molar refractivity (Wildman–Crippen MR) is 148 cm³/mol. The highest BCUT2D eigenvalue weighted by Gasteiger charge is 2.41. The summed E-state index contributed by atoms with van der Waals surface area (Å²) in [6.45, 7) is 5.02. The number of sulfonamides is 1. The Hall–Kier alpha value is -3.35. The maximum atomic E-state index is 14.0. The standard InChI is InChI=1S/C27H33ClN2O9S/c1-16(31)38-15-27(2,3)14-30-20-11-10-17(28)12-19(20)24(18-8-7-9-21(36-4)25(18)37-5)39-22(26(30)33)13-23(32)29-40(6,34)35/h7-12,22,24H,13-15H2,1-6H3,(H,29,32). The first-order valence-electron chi connectivity index (χ1n) is 12.3. The lowest BCUT2D eigenvalue weighted by atomic mass is 9.92. The molecule has 1 aliphatic heterocycles. The third-order valence-corrected chi connectivity index (χ3v) is 6.88. The van der Waals surface area contributed by atoms with Gasteiger partial charge >= 0.3 is 5.97 Å². The van der Waals surface area contributed by atoms with Gasteiger partial charge < -0.3 is 23.8 Å². The molecule has 2 aromatic carbocycles. The number of para-hydroxylation sites is 1. The predicted octanol–water partition coefficient (Wildman–Crippen LogP) is 3.23. The number of benzene rings is 2. The van der Waals surface area contributed by atoms with Crippen LogP contribution in [0.25, 0.3) is 0 Å². The molecule has 0 aliphatic carbocycles. The van der Waals surface area contributed by atoms with E-state index in [1.165, 1.54) is 26.0 Å². The molecule has 3 rings (SSSR count). The Kier molecular flexibility index (Phi) is 9.70. The Labute approximate surface area is 238 Å². The molecule has 218 valence electrons. The molecule has 0 radical (unpaired) electrons. The number of carbonyl (C=O) groups is 3. The van der Waals surface area contributed by atoms with E-state index in [9.17, 15) is 22.8 Å². The minimum atomic E-state index is -3.89. The average Bonchev–Trinajstić information content (AvgIpc) is 2.96. The average molecular weight is 597 g/mol. The summed E-state index contributed by atoms with van der Waals surface area (Å²) >= 11 is 6.41. The highest BCUT2D eigenvalue weighted by molar-refractivity contribution is 7.89. The fourth-order valence-corrected chi connectivity index (χ4v) is 5.09. The fourth-order valence-electron chi connectivity index (χ4n) is 4.41. The van der Waals surface area contributed by atoms with Crippen LogP contribution in [0.2, 0.25) is 5.02 Å². The van der Waals surface area contributed by atoms with Gasteiger partial charge in [0.1, 0.15) is 12.2 Å². The summed E-state index contributed by atoms with van der Waals surface area (Å²) in [5, 5.41) is 0.369. The van der Waals surface area contributed by atoms with Crippen LogP contribution in [0.3, 0.4) is 0 Å². The summed E-state index contributed by atoms with van der Waals surface area (Å²) in [5.74, 6) is -1.22. The van der Waals surface area contributed by atoms with Crippen LogP contribution in [0.4, 0.5) is 5.69 Å². The Morgan fingerprint density at radius 2 is 1.82 bits per heavy atom.